The number of benzene rings is 2. The summed E-state index contributed by atoms with van der Waals surface area (Å²) in [7, 11) is 3.37. The molecule has 0 N–H and O–H groups in total. The van der Waals surface area contributed by atoms with Gasteiger partial charge in [-0.25, -0.2) is 4.98 Å². The molecule has 4 aromatic rings. The number of nitrogens with zero attached hydrogens (tertiary/aromatic N) is 4. The van der Waals surface area contributed by atoms with Gasteiger partial charge >= 0.3 is 0 Å². The standard InChI is InChI=1S/C36H36Cl2N4O4/c1-43-30-12-23(6-7-24(30)13-41-15-35(16-41)19-45-20-35)33-32(38)27(10-11-39-33)26-4-3-5-28(31(26)37)29-9-8-25(34(40-29)44-2)14-42-17-36(18-42)21-46-22-36/h3-12H,13-22H2,1-2H3. The van der Waals surface area contributed by atoms with Crippen LogP contribution in [-0.2, 0) is 22.6 Å². The number of methoxy groups -OCH3 is 2. The van der Waals surface area contributed by atoms with Gasteiger partial charge in [-0.15, -0.1) is 0 Å². The van der Waals surface area contributed by atoms with Crippen LogP contribution in [0.15, 0.2) is 60.8 Å². The van der Waals surface area contributed by atoms with E-state index in [1.54, 1.807) is 20.4 Å². The number of pyridine rings is 2. The summed E-state index contributed by atoms with van der Waals surface area (Å²) in [5, 5.41) is 1.09. The molecule has 4 fully saturated rings. The van der Waals surface area contributed by atoms with Gasteiger partial charge in [-0.2, -0.15) is 0 Å². The quantitative estimate of drug-likeness (QED) is 0.203. The van der Waals surface area contributed by atoms with Crippen molar-refractivity contribution >= 4 is 23.2 Å². The van der Waals surface area contributed by atoms with Crippen molar-refractivity contribution in [3.05, 3.63) is 82.0 Å². The molecule has 0 bridgehead atoms. The van der Waals surface area contributed by atoms with Crippen LogP contribution in [0.3, 0.4) is 0 Å². The van der Waals surface area contributed by atoms with Gasteiger partial charge < -0.3 is 18.9 Å². The summed E-state index contributed by atoms with van der Waals surface area (Å²) in [5.41, 5.74) is 7.63. The summed E-state index contributed by atoms with van der Waals surface area (Å²) in [6.07, 6.45) is 1.77. The number of aromatic nitrogens is 2. The first-order chi connectivity index (χ1) is 22.4. The van der Waals surface area contributed by atoms with Crippen molar-refractivity contribution in [1.82, 2.24) is 19.8 Å². The Morgan fingerprint density at radius 1 is 0.739 bits per heavy atom. The minimum absolute atomic E-state index is 0.363. The molecule has 8 rings (SSSR count). The van der Waals surface area contributed by atoms with E-state index in [2.05, 4.69) is 33.0 Å². The van der Waals surface area contributed by atoms with E-state index in [-0.39, 0.29) is 0 Å². The van der Waals surface area contributed by atoms with Crippen LogP contribution in [0.2, 0.25) is 10.0 Å². The van der Waals surface area contributed by atoms with Crippen LogP contribution in [0, 0.1) is 10.8 Å². The van der Waals surface area contributed by atoms with Crippen LogP contribution in [0.5, 0.6) is 11.6 Å². The van der Waals surface area contributed by atoms with E-state index in [0.717, 1.165) is 111 Å². The average Bonchev–Trinajstić information content (AvgIpc) is 2.99. The molecule has 2 aromatic carbocycles. The van der Waals surface area contributed by atoms with Gasteiger partial charge in [0.1, 0.15) is 5.75 Å². The lowest BCUT2D eigenvalue weighted by Gasteiger charge is -2.55. The lowest BCUT2D eigenvalue weighted by molar-refractivity contribution is -0.191. The van der Waals surface area contributed by atoms with E-state index < -0.39 is 0 Å². The summed E-state index contributed by atoms with van der Waals surface area (Å²) >= 11 is 14.2. The van der Waals surface area contributed by atoms with E-state index >= 15 is 0 Å². The summed E-state index contributed by atoms with van der Waals surface area (Å²) in [5.74, 6) is 1.43. The molecule has 0 saturated carbocycles. The Labute approximate surface area is 279 Å². The van der Waals surface area contributed by atoms with Gasteiger partial charge in [-0.3, -0.25) is 14.8 Å². The third-order valence-electron chi connectivity index (χ3n) is 9.80. The fourth-order valence-electron chi connectivity index (χ4n) is 7.39. The Hall–Kier alpha value is -3.24. The molecule has 46 heavy (non-hydrogen) atoms. The molecule has 238 valence electrons. The van der Waals surface area contributed by atoms with Crippen molar-refractivity contribution in [1.29, 1.82) is 0 Å². The summed E-state index contributed by atoms with van der Waals surface area (Å²) in [6, 6.07) is 18.1. The zero-order valence-corrected chi connectivity index (χ0v) is 27.5. The highest BCUT2D eigenvalue weighted by atomic mass is 35.5. The zero-order valence-electron chi connectivity index (χ0n) is 26.0. The van der Waals surface area contributed by atoms with Crippen molar-refractivity contribution in [2.75, 3.05) is 66.8 Å². The molecule has 0 aliphatic carbocycles. The monoisotopic (exact) mass is 658 g/mol. The number of rotatable bonds is 9. The van der Waals surface area contributed by atoms with E-state index in [1.165, 1.54) is 0 Å². The van der Waals surface area contributed by atoms with E-state index in [4.69, 9.17) is 47.1 Å². The van der Waals surface area contributed by atoms with E-state index in [9.17, 15) is 0 Å². The molecule has 10 heteroatoms. The molecule has 0 unspecified atom stereocenters. The molecule has 0 radical (unpaired) electrons. The fraction of sp³-hybridized carbons (Fsp3) is 0.389. The highest BCUT2D eigenvalue weighted by Crippen LogP contribution is 2.44. The maximum absolute atomic E-state index is 7.11. The predicted molar refractivity (Wildman–Crippen MR) is 179 cm³/mol. The van der Waals surface area contributed by atoms with Crippen LogP contribution in [0.25, 0.3) is 33.6 Å². The first-order valence-electron chi connectivity index (χ1n) is 15.6. The van der Waals surface area contributed by atoms with Crippen LogP contribution in [-0.4, -0.2) is 86.6 Å². The number of likely N-dealkylation sites (tertiary alicyclic amines) is 2. The maximum Gasteiger partial charge on any atom is 0.218 e. The first kappa shape index (κ1) is 30.1. The second-order valence-corrected chi connectivity index (χ2v) is 14.1. The Morgan fingerprint density at radius 3 is 2.00 bits per heavy atom. The van der Waals surface area contributed by atoms with E-state index in [1.807, 2.05) is 36.4 Å². The highest BCUT2D eigenvalue weighted by Gasteiger charge is 2.49. The lowest BCUT2D eigenvalue weighted by Crippen LogP contribution is -2.65. The Kier molecular flexibility index (Phi) is 7.71. The molecule has 4 saturated heterocycles. The van der Waals surface area contributed by atoms with Gasteiger partial charge in [0, 0.05) is 89.7 Å². The smallest absolute Gasteiger partial charge is 0.218 e. The minimum Gasteiger partial charge on any atom is -0.496 e. The molecule has 0 atom stereocenters. The summed E-state index contributed by atoms with van der Waals surface area (Å²) in [6.45, 7) is 9.34. The number of halogens is 2. The average molecular weight is 660 g/mol. The Morgan fingerprint density at radius 2 is 1.37 bits per heavy atom. The molecule has 4 aliphatic rings. The molecular weight excluding hydrogens is 623 g/mol. The third-order valence-corrected chi connectivity index (χ3v) is 10.6. The second-order valence-electron chi connectivity index (χ2n) is 13.4. The van der Waals surface area contributed by atoms with Gasteiger partial charge in [0.2, 0.25) is 5.88 Å². The Bertz CT molecular complexity index is 1660. The number of hydrogen-bond acceptors (Lipinski definition) is 8. The van der Waals surface area contributed by atoms with Gasteiger partial charge in [0.05, 0.1) is 62.1 Å². The van der Waals surface area contributed by atoms with Gasteiger partial charge in [0.15, 0.2) is 0 Å². The SMILES string of the molecule is COc1cc(-c2nccc(-c3cccc(-c4ccc(CN5CC6(COC6)C5)c(OC)n4)c3Cl)c2Cl)ccc1CN1CC2(COC2)C1. The molecule has 2 spiro atoms. The fourth-order valence-corrected chi connectivity index (χ4v) is 8.03. The van der Waals surface area contributed by atoms with Crippen molar-refractivity contribution in [2.45, 2.75) is 13.1 Å². The molecule has 4 aliphatic heterocycles. The highest BCUT2D eigenvalue weighted by molar-refractivity contribution is 6.39. The van der Waals surface area contributed by atoms with Crippen LogP contribution in [0.4, 0.5) is 0 Å². The third kappa shape index (κ3) is 5.25. The molecule has 6 heterocycles. The van der Waals surface area contributed by atoms with Crippen LogP contribution < -0.4 is 9.47 Å². The topological polar surface area (TPSA) is 69.2 Å². The van der Waals surface area contributed by atoms with Crippen LogP contribution >= 0.6 is 23.2 Å². The minimum atomic E-state index is 0.363. The van der Waals surface area contributed by atoms with E-state index in [0.29, 0.717) is 32.4 Å². The Balaban J connectivity index is 1.04. The zero-order chi connectivity index (χ0) is 31.5. The predicted octanol–water partition coefficient (Wildman–Crippen LogP) is 6.47. The van der Waals surface area contributed by atoms with Crippen molar-refractivity contribution in [2.24, 2.45) is 10.8 Å². The van der Waals surface area contributed by atoms with Gasteiger partial charge in [0.25, 0.3) is 0 Å². The van der Waals surface area contributed by atoms with Crippen molar-refractivity contribution < 1.29 is 18.9 Å². The number of hydrogen-bond donors (Lipinski definition) is 0. The summed E-state index contributed by atoms with van der Waals surface area (Å²) < 4.78 is 22.4. The largest absolute Gasteiger partial charge is 0.496 e. The van der Waals surface area contributed by atoms with Crippen molar-refractivity contribution in [3.8, 4) is 45.3 Å². The molecule has 2 aromatic heterocycles. The first-order valence-corrected chi connectivity index (χ1v) is 16.4. The lowest BCUT2D eigenvalue weighted by atomic mass is 9.78. The molecular formula is C36H36Cl2N4O4. The summed E-state index contributed by atoms with van der Waals surface area (Å²) in [4.78, 5) is 14.4. The number of ether oxygens (including phenoxy) is 4. The van der Waals surface area contributed by atoms with Crippen molar-refractivity contribution in [3.63, 3.8) is 0 Å². The molecule has 0 amide bonds. The van der Waals surface area contributed by atoms with Gasteiger partial charge in [-0.1, -0.05) is 59.6 Å². The normalized spacial score (nSPS) is 19.7. The molecule has 8 nitrogen and oxygen atoms in total. The van der Waals surface area contributed by atoms with Gasteiger partial charge in [-0.05, 0) is 18.2 Å². The van der Waals surface area contributed by atoms with Crippen LogP contribution in [0.1, 0.15) is 11.1 Å². The maximum atomic E-state index is 7.11. The second kappa shape index (κ2) is 11.8.